The quantitative estimate of drug-likeness (QED) is 0.387. The summed E-state index contributed by atoms with van der Waals surface area (Å²) in [5, 5.41) is 17.7. The van der Waals surface area contributed by atoms with Crippen LogP contribution < -0.4 is 16.0 Å². The molecule has 1 aliphatic heterocycles. The minimum Gasteiger partial charge on any atom is -0.342 e. The molecule has 0 bridgehead atoms. The third kappa shape index (κ3) is 5.10. The molecule has 1 aromatic carbocycles. The maximum Gasteiger partial charge on any atom is 0.293 e. The van der Waals surface area contributed by atoms with Crippen LogP contribution in [0, 0.1) is 0 Å². The zero-order chi connectivity index (χ0) is 25.3. The summed E-state index contributed by atoms with van der Waals surface area (Å²) in [5.74, 6) is 0.624. The maximum absolute atomic E-state index is 12.9. The Bertz CT molecular complexity index is 1390. The molecule has 3 aromatic heterocycles. The molecule has 3 N–H and O–H groups in total. The molecule has 11 nitrogen and oxygen atoms in total. The molecule has 0 spiro atoms. The van der Waals surface area contributed by atoms with Crippen molar-refractivity contribution in [1.29, 1.82) is 0 Å². The van der Waals surface area contributed by atoms with Gasteiger partial charge in [0.15, 0.2) is 0 Å². The van der Waals surface area contributed by atoms with Crippen molar-refractivity contribution in [2.75, 3.05) is 11.9 Å². The smallest absolute Gasteiger partial charge is 0.293 e. The van der Waals surface area contributed by atoms with Crippen LogP contribution >= 0.6 is 0 Å². The van der Waals surface area contributed by atoms with Crippen molar-refractivity contribution in [2.24, 2.45) is 7.05 Å². The van der Waals surface area contributed by atoms with Gasteiger partial charge >= 0.3 is 0 Å². The summed E-state index contributed by atoms with van der Waals surface area (Å²) in [7, 11) is 1.85. The molecule has 0 saturated heterocycles. The van der Waals surface area contributed by atoms with E-state index in [4.69, 9.17) is 4.52 Å². The number of fused-ring (bicyclic) bond motifs is 1. The number of anilines is 2. The third-order valence-corrected chi connectivity index (χ3v) is 5.93. The number of aryl methyl sites for hydroxylation is 1. The largest absolute Gasteiger partial charge is 0.342 e. The Morgan fingerprint density at radius 2 is 2.08 bits per heavy atom. The normalized spacial score (nSPS) is 15.7. The number of benzene rings is 1. The first kappa shape index (κ1) is 23.6. The number of carbonyl (C=O) groups excluding carboxylic acids is 1. The first-order valence-electron chi connectivity index (χ1n) is 11.8. The van der Waals surface area contributed by atoms with Crippen molar-refractivity contribution in [2.45, 2.75) is 45.2 Å². The second kappa shape index (κ2) is 9.50. The fraction of sp³-hybridized carbons (Fsp3) is 0.360. The molecule has 5 rings (SSSR count). The lowest BCUT2D eigenvalue weighted by molar-refractivity contribution is 0.0921. The molecule has 0 fully saturated rings. The van der Waals surface area contributed by atoms with Crippen LogP contribution in [0.5, 0.6) is 0 Å². The summed E-state index contributed by atoms with van der Waals surface area (Å²) in [4.78, 5) is 26.2. The lowest BCUT2D eigenvalue weighted by Gasteiger charge is -2.19. The predicted molar refractivity (Wildman–Crippen MR) is 133 cm³/mol. The number of nitrogens with one attached hydrogen (secondary N) is 3. The molecule has 1 atom stereocenters. The summed E-state index contributed by atoms with van der Waals surface area (Å²) in [6, 6.07) is 7.88. The Morgan fingerprint density at radius 3 is 2.83 bits per heavy atom. The van der Waals surface area contributed by atoms with E-state index in [0.29, 0.717) is 18.4 Å². The van der Waals surface area contributed by atoms with E-state index in [9.17, 15) is 4.79 Å². The summed E-state index contributed by atoms with van der Waals surface area (Å²) in [5.41, 5.74) is 4.40. The molecule has 0 aliphatic carbocycles. The zero-order valence-electron chi connectivity index (χ0n) is 20.7. The minimum atomic E-state index is -0.349. The first-order chi connectivity index (χ1) is 17.3. The van der Waals surface area contributed by atoms with Gasteiger partial charge < -0.3 is 20.5 Å². The van der Waals surface area contributed by atoms with Crippen LogP contribution in [-0.4, -0.2) is 42.3 Å². The van der Waals surface area contributed by atoms with Crippen LogP contribution in [0.3, 0.4) is 0 Å². The lowest BCUT2D eigenvalue weighted by Crippen LogP contribution is -2.30. The fourth-order valence-corrected chi connectivity index (χ4v) is 4.07. The first-order valence-corrected chi connectivity index (χ1v) is 11.8. The molecule has 4 aromatic rings. The highest BCUT2D eigenvalue weighted by Gasteiger charge is 2.27. The Balaban J connectivity index is 1.36. The molecule has 1 amide bonds. The van der Waals surface area contributed by atoms with Crippen LogP contribution in [0.4, 0.5) is 11.6 Å². The van der Waals surface area contributed by atoms with E-state index in [1.165, 1.54) is 0 Å². The Labute approximate surface area is 208 Å². The molecule has 1 unspecified atom stereocenters. The number of carbonyl (C=O) groups is 1. The molecular weight excluding hydrogens is 458 g/mol. The third-order valence-electron chi connectivity index (χ3n) is 5.93. The van der Waals surface area contributed by atoms with E-state index < -0.39 is 0 Å². The second-order valence-electron chi connectivity index (χ2n) is 9.87. The average Bonchev–Trinajstić information content (AvgIpc) is 3.46. The Kier molecular flexibility index (Phi) is 6.23. The standard InChI is InChI=1S/C25H29N9O2/c1-25(2,3)23-32-21(33-36-23)22(35)30-20-7-9-26-12-16-11-15(5-6-18(16)20)19-8-10-27-24(31-19)29-17-13-28-34(4)14-17/h5-6,8,10-11,13-14,20,26H,7,9,12H2,1-4H3,(H,30,35)(H,27,29,31). The number of aromatic nitrogens is 6. The molecule has 0 saturated carbocycles. The van der Waals surface area contributed by atoms with Crippen molar-refractivity contribution >= 4 is 17.5 Å². The second-order valence-corrected chi connectivity index (χ2v) is 9.87. The fourth-order valence-electron chi connectivity index (χ4n) is 4.07. The monoisotopic (exact) mass is 487 g/mol. The van der Waals surface area contributed by atoms with Crippen molar-refractivity contribution in [1.82, 2.24) is 40.5 Å². The highest BCUT2D eigenvalue weighted by molar-refractivity contribution is 5.90. The minimum absolute atomic E-state index is 0.0462. The van der Waals surface area contributed by atoms with Gasteiger partial charge in [0.1, 0.15) is 0 Å². The van der Waals surface area contributed by atoms with Crippen molar-refractivity contribution in [3.05, 3.63) is 65.7 Å². The van der Waals surface area contributed by atoms with Crippen molar-refractivity contribution in [3.8, 4) is 11.3 Å². The zero-order valence-corrected chi connectivity index (χ0v) is 20.7. The summed E-state index contributed by atoms with van der Waals surface area (Å²) >= 11 is 0. The maximum atomic E-state index is 12.9. The van der Waals surface area contributed by atoms with E-state index in [1.807, 2.05) is 46.1 Å². The van der Waals surface area contributed by atoms with E-state index in [1.54, 1.807) is 17.1 Å². The van der Waals surface area contributed by atoms with Gasteiger partial charge in [0.2, 0.25) is 11.8 Å². The van der Waals surface area contributed by atoms with E-state index in [-0.39, 0.29) is 23.2 Å². The molecule has 11 heteroatoms. The summed E-state index contributed by atoms with van der Waals surface area (Å²) in [6.45, 7) is 7.34. The van der Waals surface area contributed by atoms with E-state index in [2.05, 4.69) is 53.3 Å². The molecule has 4 heterocycles. The molecule has 186 valence electrons. The number of rotatable bonds is 5. The van der Waals surface area contributed by atoms with E-state index in [0.717, 1.165) is 41.0 Å². The average molecular weight is 488 g/mol. The highest BCUT2D eigenvalue weighted by atomic mass is 16.5. The summed E-state index contributed by atoms with van der Waals surface area (Å²) < 4.78 is 7.00. The van der Waals surface area contributed by atoms with Gasteiger partial charge in [-0.2, -0.15) is 10.1 Å². The van der Waals surface area contributed by atoms with Crippen molar-refractivity contribution in [3.63, 3.8) is 0 Å². The van der Waals surface area contributed by atoms with Crippen LogP contribution in [0.15, 0.2) is 47.4 Å². The van der Waals surface area contributed by atoms with Crippen LogP contribution in [0.2, 0.25) is 0 Å². The van der Waals surface area contributed by atoms with Crippen LogP contribution in [0.25, 0.3) is 11.3 Å². The Hall–Kier alpha value is -4.12. The summed E-state index contributed by atoms with van der Waals surface area (Å²) in [6.07, 6.45) is 6.05. The van der Waals surface area contributed by atoms with Gasteiger partial charge in [-0.3, -0.25) is 9.48 Å². The number of hydrogen-bond donors (Lipinski definition) is 3. The van der Waals surface area contributed by atoms with Crippen LogP contribution in [0.1, 0.15) is 60.9 Å². The number of hydrogen-bond acceptors (Lipinski definition) is 9. The molecular formula is C25H29N9O2. The highest BCUT2D eigenvalue weighted by Crippen LogP contribution is 2.29. The van der Waals surface area contributed by atoms with Gasteiger partial charge in [-0.05, 0) is 36.2 Å². The topological polar surface area (TPSA) is 136 Å². The Morgan fingerprint density at radius 1 is 1.22 bits per heavy atom. The molecule has 36 heavy (non-hydrogen) atoms. The number of amides is 1. The van der Waals surface area contributed by atoms with Gasteiger partial charge in [0.05, 0.1) is 23.6 Å². The molecule has 0 radical (unpaired) electrons. The van der Waals surface area contributed by atoms with Gasteiger partial charge in [0.25, 0.3) is 11.7 Å². The van der Waals surface area contributed by atoms with Gasteiger partial charge in [0, 0.05) is 37.0 Å². The van der Waals surface area contributed by atoms with Gasteiger partial charge in [-0.15, -0.1) is 0 Å². The van der Waals surface area contributed by atoms with Crippen molar-refractivity contribution < 1.29 is 9.32 Å². The number of nitrogens with zero attached hydrogens (tertiary/aromatic N) is 6. The lowest BCUT2D eigenvalue weighted by atomic mass is 9.96. The SMILES string of the molecule is Cn1cc(Nc2nccc(-c3ccc4c(c3)CNCCC4NC(=O)c3noc(C(C)(C)C)n3)n2)cn1. The van der Waals surface area contributed by atoms with Crippen LogP contribution in [-0.2, 0) is 19.0 Å². The van der Waals surface area contributed by atoms with Gasteiger partial charge in [-0.25, -0.2) is 9.97 Å². The predicted octanol–water partition coefficient (Wildman–Crippen LogP) is 3.27. The molecule has 1 aliphatic rings. The van der Waals surface area contributed by atoms with E-state index >= 15 is 0 Å². The van der Waals surface area contributed by atoms with Gasteiger partial charge in [-0.1, -0.05) is 38.1 Å².